The molecule has 50 valence electrons. The molecule has 0 aliphatic rings. The summed E-state index contributed by atoms with van der Waals surface area (Å²) in [4.78, 5) is 20.5. The van der Waals surface area contributed by atoms with Crippen molar-refractivity contribution in [2.75, 3.05) is 0 Å². The van der Waals surface area contributed by atoms with Crippen LogP contribution in [0.2, 0.25) is 0 Å². The molecule has 0 aliphatic heterocycles. The van der Waals surface area contributed by atoms with Crippen molar-refractivity contribution in [1.29, 1.82) is 0 Å². The normalized spacial score (nSPS) is 11.1. The van der Waals surface area contributed by atoms with Crippen molar-refractivity contribution in [3.63, 3.8) is 0 Å². The summed E-state index contributed by atoms with van der Waals surface area (Å²) in [6.07, 6.45) is 1.21. The van der Waals surface area contributed by atoms with E-state index in [9.17, 15) is 9.59 Å². The number of allylic oxidation sites excluding steroid dienone is 1. The van der Waals surface area contributed by atoms with E-state index in [0.717, 1.165) is 0 Å². The largest absolute Gasteiger partial charge is 0.366 e. The van der Waals surface area contributed by atoms with Gasteiger partial charge in [0.25, 0.3) is 0 Å². The van der Waals surface area contributed by atoms with Crippen LogP contribution in [0.3, 0.4) is 0 Å². The van der Waals surface area contributed by atoms with Crippen LogP contribution in [0.25, 0.3) is 0 Å². The molecule has 0 spiro atoms. The minimum absolute atomic E-state index is 0.161. The number of primary amides is 1. The number of carbonyl (C=O) groups excluding carboxylic acids is 2. The summed E-state index contributed by atoms with van der Waals surface area (Å²) in [5.74, 6) is -0.712. The van der Waals surface area contributed by atoms with Gasteiger partial charge in [-0.25, -0.2) is 0 Å². The molecule has 3 nitrogen and oxygen atoms in total. The second kappa shape index (κ2) is 3.02. The Hall–Kier alpha value is -1.12. The van der Waals surface area contributed by atoms with Gasteiger partial charge in [0.05, 0.1) is 0 Å². The third-order valence-electron chi connectivity index (χ3n) is 0.808. The molecule has 0 aliphatic carbocycles. The lowest BCUT2D eigenvalue weighted by molar-refractivity contribution is -0.116. The molecule has 0 fully saturated rings. The molecule has 0 unspecified atom stereocenters. The lowest BCUT2D eigenvalue weighted by atomic mass is 10.2. The Labute approximate surface area is 53.5 Å². The minimum atomic E-state index is -0.551. The third kappa shape index (κ3) is 3.46. The lowest BCUT2D eigenvalue weighted by Crippen LogP contribution is -2.12. The quantitative estimate of drug-likeness (QED) is 0.531. The zero-order chi connectivity index (χ0) is 7.44. The van der Waals surface area contributed by atoms with E-state index in [2.05, 4.69) is 0 Å². The summed E-state index contributed by atoms with van der Waals surface area (Å²) in [6, 6.07) is 0. The highest BCUT2D eigenvalue weighted by atomic mass is 16.1. The number of amides is 1. The van der Waals surface area contributed by atoms with Crippen LogP contribution in [0.4, 0.5) is 0 Å². The fourth-order valence-electron chi connectivity index (χ4n) is 0.376. The predicted octanol–water partition coefficient (Wildman–Crippen LogP) is 0.00700. The van der Waals surface area contributed by atoms with Crippen LogP contribution < -0.4 is 5.73 Å². The molecule has 0 heterocycles. The van der Waals surface area contributed by atoms with Gasteiger partial charge in [0, 0.05) is 5.57 Å². The number of rotatable bonds is 2. The van der Waals surface area contributed by atoms with Crippen molar-refractivity contribution < 1.29 is 9.59 Å². The molecule has 2 N–H and O–H groups in total. The zero-order valence-electron chi connectivity index (χ0n) is 5.47. The maximum absolute atomic E-state index is 10.3. The fraction of sp³-hybridized carbons (Fsp3) is 0.333. The summed E-state index contributed by atoms with van der Waals surface area (Å²) in [5.41, 5.74) is 5.12. The molecular weight excluding hydrogens is 118 g/mol. The minimum Gasteiger partial charge on any atom is -0.366 e. The van der Waals surface area contributed by atoms with Gasteiger partial charge in [0.1, 0.15) is 0 Å². The van der Waals surface area contributed by atoms with E-state index in [1.54, 1.807) is 0 Å². The van der Waals surface area contributed by atoms with E-state index in [-0.39, 0.29) is 5.78 Å². The van der Waals surface area contributed by atoms with Gasteiger partial charge >= 0.3 is 0 Å². The molecular formula is C6H9NO2. The first-order chi connectivity index (χ1) is 4.04. The predicted molar refractivity (Wildman–Crippen MR) is 33.6 cm³/mol. The van der Waals surface area contributed by atoms with Crippen LogP contribution in [0, 0.1) is 0 Å². The van der Waals surface area contributed by atoms with E-state index in [0.29, 0.717) is 5.57 Å². The molecule has 3 heteroatoms. The summed E-state index contributed by atoms with van der Waals surface area (Å²) < 4.78 is 0. The summed E-state index contributed by atoms with van der Waals surface area (Å²) >= 11 is 0. The lowest BCUT2D eigenvalue weighted by Gasteiger charge is -1.88. The smallest absolute Gasteiger partial charge is 0.244 e. The van der Waals surface area contributed by atoms with Crippen molar-refractivity contribution in [2.45, 2.75) is 13.8 Å². The van der Waals surface area contributed by atoms with E-state index in [1.165, 1.54) is 19.9 Å². The Morgan fingerprint density at radius 3 is 1.89 bits per heavy atom. The highest BCUT2D eigenvalue weighted by molar-refractivity contribution is 5.99. The molecule has 1 amide bonds. The average Bonchev–Trinajstić information content (AvgIpc) is 1.63. The third-order valence-corrected chi connectivity index (χ3v) is 0.808. The van der Waals surface area contributed by atoms with Crippen LogP contribution in [0.15, 0.2) is 11.6 Å². The maximum atomic E-state index is 10.3. The standard InChI is InChI=1S/C6H9NO2/c1-4(6(7)9)3-5(2)8/h3H,1-2H3,(H2,7,9). The Kier molecular flexibility index (Phi) is 2.64. The molecule has 0 aromatic heterocycles. The van der Waals surface area contributed by atoms with Crippen molar-refractivity contribution in [1.82, 2.24) is 0 Å². The summed E-state index contributed by atoms with van der Waals surface area (Å²) in [5, 5.41) is 0. The Morgan fingerprint density at radius 2 is 1.78 bits per heavy atom. The topological polar surface area (TPSA) is 60.2 Å². The van der Waals surface area contributed by atoms with Crippen LogP contribution in [-0.2, 0) is 9.59 Å². The number of nitrogens with two attached hydrogens (primary N) is 1. The van der Waals surface area contributed by atoms with Gasteiger partial charge in [-0.05, 0) is 19.9 Å². The highest BCUT2D eigenvalue weighted by Crippen LogP contribution is 1.88. The SMILES string of the molecule is CC(=O)C=C(C)C(N)=O. The zero-order valence-corrected chi connectivity index (χ0v) is 5.47. The van der Waals surface area contributed by atoms with Gasteiger partial charge < -0.3 is 5.73 Å². The first-order valence-electron chi connectivity index (χ1n) is 2.52. The summed E-state index contributed by atoms with van der Waals surface area (Å²) in [6.45, 7) is 2.87. The summed E-state index contributed by atoms with van der Waals surface area (Å²) in [7, 11) is 0. The van der Waals surface area contributed by atoms with E-state index in [1.807, 2.05) is 0 Å². The van der Waals surface area contributed by atoms with Crippen LogP contribution in [-0.4, -0.2) is 11.7 Å². The van der Waals surface area contributed by atoms with E-state index >= 15 is 0 Å². The second-order valence-corrected chi connectivity index (χ2v) is 1.80. The van der Waals surface area contributed by atoms with Gasteiger partial charge in [0.15, 0.2) is 5.78 Å². The van der Waals surface area contributed by atoms with Crippen LogP contribution >= 0.6 is 0 Å². The van der Waals surface area contributed by atoms with Gasteiger partial charge in [0.2, 0.25) is 5.91 Å². The first-order valence-corrected chi connectivity index (χ1v) is 2.52. The van der Waals surface area contributed by atoms with Gasteiger partial charge in [-0.3, -0.25) is 9.59 Å². The first kappa shape index (κ1) is 7.88. The molecule has 0 aromatic rings. The van der Waals surface area contributed by atoms with Gasteiger partial charge in [-0.2, -0.15) is 0 Å². The fourth-order valence-corrected chi connectivity index (χ4v) is 0.376. The van der Waals surface area contributed by atoms with Crippen LogP contribution in [0.5, 0.6) is 0 Å². The Balaban J connectivity index is 4.17. The molecule has 0 radical (unpaired) electrons. The van der Waals surface area contributed by atoms with E-state index in [4.69, 9.17) is 5.73 Å². The number of hydrogen-bond acceptors (Lipinski definition) is 2. The Bertz CT molecular complexity index is 170. The van der Waals surface area contributed by atoms with Crippen molar-refractivity contribution >= 4 is 11.7 Å². The molecule has 0 saturated heterocycles. The molecule has 0 bridgehead atoms. The highest BCUT2D eigenvalue weighted by Gasteiger charge is 1.96. The number of ketones is 1. The van der Waals surface area contributed by atoms with Crippen LogP contribution in [0.1, 0.15) is 13.8 Å². The molecule has 0 atom stereocenters. The Morgan fingerprint density at radius 1 is 1.33 bits per heavy atom. The van der Waals surface area contributed by atoms with Crippen molar-refractivity contribution in [3.05, 3.63) is 11.6 Å². The second-order valence-electron chi connectivity index (χ2n) is 1.80. The van der Waals surface area contributed by atoms with E-state index < -0.39 is 5.91 Å². The van der Waals surface area contributed by atoms with Crippen molar-refractivity contribution in [2.24, 2.45) is 5.73 Å². The van der Waals surface area contributed by atoms with Gasteiger partial charge in [-0.15, -0.1) is 0 Å². The number of hydrogen-bond donors (Lipinski definition) is 1. The van der Waals surface area contributed by atoms with Gasteiger partial charge in [-0.1, -0.05) is 0 Å². The molecule has 9 heavy (non-hydrogen) atoms. The monoisotopic (exact) mass is 127 g/mol. The molecule has 0 saturated carbocycles. The van der Waals surface area contributed by atoms with Crippen molar-refractivity contribution in [3.8, 4) is 0 Å². The number of carbonyl (C=O) groups is 2. The average molecular weight is 127 g/mol. The molecule has 0 aromatic carbocycles. The maximum Gasteiger partial charge on any atom is 0.244 e. The molecule has 0 rings (SSSR count).